The minimum absolute atomic E-state index is 0.159. The Morgan fingerprint density at radius 1 is 1.50 bits per heavy atom. The van der Waals surface area contributed by atoms with Crippen LogP contribution in [0.15, 0.2) is 29.8 Å². The highest BCUT2D eigenvalue weighted by Crippen LogP contribution is 2.19. The summed E-state index contributed by atoms with van der Waals surface area (Å²) in [5.74, 6) is -0.159. The van der Waals surface area contributed by atoms with E-state index >= 15 is 0 Å². The Kier molecular flexibility index (Phi) is 4.17. The fraction of sp³-hybridized carbons (Fsp3) is 0.167. The lowest BCUT2D eigenvalue weighted by atomic mass is 10.2. The quantitative estimate of drug-likeness (QED) is 0.846. The van der Waals surface area contributed by atoms with Gasteiger partial charge in [-0.3, -0.25) is 4.79 Å². The van der Waals surface area contributed by atoms with Crippen LogP contribution < -0.4 is 11.1 Å². The molecule has 0 aliphatic rings. The van der Waals surface area contributed by atoms with Gasteiger partial charge >= 0.3 is 0 Å². The first kappa shape index (κ1) is 12.9. The summed E-state index contributed by atoms with van der Waals surface area (Å²) in [6, 6.07) is 4.84. The molecule has 1 heterocycles. The number of carbonyl (C=O) groups is 1. The fourth-order valence-electron chi connectivity index (χ4n) is 1.43. The van der Waals surface area contributed by atoms with Crippen LogP contribution in [0.3, 0.4) is 0 Å². The van der Waals surface area contributed by atoms with Crippen molar-refractivity contribution in [2.45, 2.75) is 6.42 Å². The first-order chi connectivity index (χ1) is 8.66. The topological polar surface area (TPSA) is 68.0 Å². The van der Waals surface area contributed by atoms with Crippen molar-refractivity contribution in [1.29, 1.82) is 0 Å². The van der Waals surface area contributed by atoms with E-state index in [0.717, 1.165) is 11.4 Å². The van der Waals surface area contributed by atoms with Crippen molar-refractivity contribution in [3.8, 4) is 0 Å². The highest BCUT2D eigenvalue weighted by molar-refractivity contribution is 7.09. The summed E-state index contributed by atoms with van der Waals surface area (Å²) in [5.41, 5.74) is 6.56. The highest BCUT2D eigenvalue weighted by Gasteiger charge is 2.07. The molecule has 0 saturated heterocycles. The molecule has 0 aliphatic carbocycles. The summed E-state index contributed by atoms with van der Waals surface area (Å²) in [7, 11) is 0. The molecule has 0 fully saturated rings. The second-order valence-corrected chi connectivity index (χ2v) is 5.05. The molecule has 0 radical (unpaired) electrons. The lowest BCUT2D eigenvalue weighted by molar-refractivity contribution is 0.0954. The molecule has 6 heteroatoms. The number of nitrogens with one attached hydrogen (secondary N) is 1. The van der Waals surface area contributed by atoms with Gasteiger partial charge in [-0.2, -0.15) is 0 Å². The number of nitrogen functional groups attached to an aromatic ring is 1. The van der Waals surface area contributed by atoms with E-state index in [1.807, 2.05) is 5.38 Å². The summed E-state index contributed by atoms with van der Waals surface area (Å²) in [5, 5.41) is 6.12. The normalized spacial score (nSPS) is 10.3. The Balaban J connectivity index is 1.89. The van der Waals surface area contributed by atoms with Crippen LogP contribution in [0.5, 0.6) is 0 Å². The van der Waals surface area contributed by atoms with Crippen LogP contribution in [0, 0.1) is 0 Å². The minimum atomic E-state index is -0.159. The number of nitrogens with two attached hydrogens (primary N) is 1. The van der Waals surface area contributed by atoms with Crippen molar-refractivity contribution >= 4 is 34.5 Å². The van der Waals surface area contributed by atoms with E-state index in [-0.39, 0.29) is 5.91 Å². The number of aromatic nitrogens is 1. The van der Waals surface area contributed by atoms with E-state index in [4.69, 9.17) is 17.3 Å². The van der Waals surface area contributed by atoms with E-state index in [0.29, 0.717) is 22.8 Å². The van der Waals surface area contributed by atoms with Gasteiger partial charge in [-0.15, -0.1) is 11.3 Å². The average molecular weight is 282 g/mol. The third-order valence-corrected chi connectivity index (χ3v) is 3.54. The monoisotopic (exact) mass is 281 g/mol. The van der Waals surface area contributed by atoms with Gasteiger partial charge in [-0.05, 0) is 18.2 Å². The zero-order valence-corrected chi connectivity index (χ0v) is 11.1. The third-order valence-electron chi connectivity index (χ3n) is 2.37. The number of hydrogen-bond donors (Lipinski definition) is 2. The number of halogens is 1. The molecule has 0 aliphatic heterocycles. The molecule has 1 aromatic heterocycles. The van der Waals surface area contributed by atoms with Gasteiger partial charge in [0.15, 0.2) is 0 Å². The number of benzene rings is 1. The molecule has 0 unspecified atom stereocenters. The van der Waals surface area contributed by atoms with Crippen LogP contribution in [0.25, 0.3) is 0 Å². The van der Waals surface area contributed by atoms with Gasteiger partial charge in [-0.25, -0.2) is 4.98 Å². The van der Waals surface area contributed by atoms with Crippen molar-refractivity contribution in [3.05, 3.63) is 45.4 Å². The first-order valence-electron chi connectivity index (χ1n) is 5.38. The van der Waals surface area contributed by atoms with Crippen LogP contribution in [0.1, 0.15) is 15.4 Å². The van der Waals surface area contributed by atoms with Crippen LogP contribution >= 0.6 is 22.9 Å². The first-order valence-corrected chi connectivity index (χ1v) is 6.64. The summed E-state index contributed by atoms with van der Waals surface area (Å²) in [6.45, 7) is 0.550. The number of anilines is 1. The fourth-order valence-corrected chi connectivity index (χ4v) is 2.23. The average Bonchev–Trinajstić information content (AvgIpc) is 2.85. The zero-order valence-electron chi connectivity index (χ0n) is 9.52. The molecule has 1 aromatic carbocycles. The summed E-state index contributed by atoms with van der Waals surface area (Å²) >= 11 is 7.43. The molecular weight excluding hydrogens is 270 g/mol. The largest absolute Gasteiger partial charge is 0.398 e. The molecule has 3 N–H and O–H groups in total. The second-order valence-electron chi connectivity index (χ2n) is 3.67. The molecule has 2 rings (SSSR count). The van der Waals surface area contributed by atoms with Crippen LogP contribution in [-0.4, -0.2) is 17.4 Å². The maximum absolute atomic E-state index is 11.8. The van der Waals surface area contributed by atoms with E-state index in [2.05, 4.69) is 10.3 Å². The lowest BCUT2D eigenvalue weighted by Gasteiger charge is -2.05. The van der Waals surface area contributed by atoms with E-state index in [1.54, 1.807) is 35.7 Å². The standard InChI is InChI=1S/C12H12ClN3OS/c13-9-7-8(1-2-10(9)14)12(17)16-4-3-11-15-5-6-18-11/h1-2,5-7H,3-4,14H2,(H,16,17). The predicted molar refractivity (Wildman–Crippen MR) is 74.0 cm³/mol. The number of amides is 1. The molecule has 0 spiro atoms. The van der Waals surface area contributed by atoms with Crippen molar-refractivity contribution in [1.82, 2.24) is 10.3 Å². The Bertz CT molecular complexity index is 542. The molecule has 2 aromatic rings. The SMILES string of the molecule is Nc1ccc(C(=O)NCCc2nccs2)cc1Cl. The predicted octanol–water partition coefficient (Wildman–Crippen LogP) is 2.35. The minimum Gasteiger partial charge on any atom is -0.398 e. The number of nitrogens with zero attached hydrogens (tertiary/aromatic N) is 1. The Labute approximate surface area is 114 Å². The van der Waals surface area contributed by atoms with Gasteiger partial charge in [0, 0.05) is 30.1 Å². The number of hydrogen-bond acceptors (Lipinski definition) is 4. The maximum atomic E-state index is 11.8. The van der Waals surface area contributed by atoms with Gasteiger partial charge in [-0.1, -0.05) is 11.6 Å². The maximum Gasteiger partial charge on any atom is 0.251 e. The zero-order chi connectivity index (χ0) is 13.0. The third kappa shape index (κ3) is 3.21. The van der Waals surface area contributed by atoms with Crippen LogP contribution in [0.2, 0.25) is 5.02 Å². The molecule has 0 bridgehead atoms. The molecule has 18 heavy (non-hydrogen) atoms. The number of carbonyl (C=O) groups excluding carboxylic acids is 1. The molecule has 0 atom stereocenters. The van der Waals surface area contributed by atoms with Gasteiger partial charge in [0.05, 0.1) is 15.7 Å². The van der Waals surface area contributed by atoms with Crippen LogP contribution in [-0.2, 0) is 6.42 Å². The van der Waals surface area contributed by atoms with E-state index in [1.165, 1.54) is 0 Å². The van der Waals surface area contributed by atoms with Crippen LogP contribution in [0.4, 0.5) is 5.69 Å². The molecule has 1 amide bonds. The molecule has 0 saturated carbocycles. The van der Waals surface area contributed by atoms with E-state index < -0.39 is 0 Å². The molecule has 4 nitrogen and oxygen atoms in total. The summed E-state index contributed by atoms with van der Waals surface area (Å²) in [6.07, 6.45) is 2.48. The molecular formula is C12H12ClN3OS. The number of thiazole rings is 1. The van der Waals surface area contributed by atoms with Crippen molar-refractivity contribution in [2.75, 3.05) is 12.3 Å². The van der Waals surface area contributed by atoms with Gasteiger partial charge in [0.2, 0.25) is 0 Å². The Hall–Kier alpha value is -1.59. The van der Waals surface area contributed by atoms with Crippen molar-refractivity contribution in [3.63, 3.8) is 0 Å². The second kappa shape index (κ2) is 5.84. The Morgan fingerprint density at radius 3 is 3.00 bits per heavy atom. The lowest BCUT2D eigenvalue weighted by Crippen LogP contribution is -2.25. The smallest absolute Gasteiger partial charge is 0.251 e. The van der Waals surface area contributed by atoms with Crippen molar-refractivity contribution in [2.24, 2.45) is 0 Å². The highest BCUT2D eigenvalue weighted by atomic mass is 35.5. The van der Waals surface area contributed by atoms with Gasteiger partial charge < -0.3 is 11.1 Å². The summed E-state index contributed by atoms with van der Waals surface area (Å²) in [4.78, 5) is 16.0. The Morgan fingerprint density at radius 2 is 2.33 bits per heavy atom. The van der Waals surface area contributed by atoms with Gasteiger partial charge in [0.25, 0.3) is 5.91 Å². The van der Waals surface area contributed by atoms with Gasteiger partial charge in [0.1, 0.15) is 0 Å². The molecule has 94 valence electrons. The number of rotatable bonds is 4. The summed E-state index contributed by atoms with van der Waals surface area (Å²) < 4.78 is 0. The van der Waals surface area contributed by atoms with E-state index in [9.17, 15) is 4.79 Å². The van der Waals surface area contributed by atoms with Crippen molar-refractivity contribution < 1.29 is 4.79 Å².